The van der Waals surface area contributed by atoms with Crippen molar-refractivity contribution in [2.24, 2.45) is 5.73 Å². The quantitative estimate of drug-likeness (QED) is 0.781. The van der Waals surface area contributed by atoms with E-state index in [0.29, 0.717) is 23.6 Å². The molecule has 0 heterocycles. The molecule has 2 aliphatic carbocycles. The first-order chi connectivity index (χ1) is 12.1. The Morgan fingerprint density at radius 3 is 2.36 bits per heavy atom. The van der Waals surface area contributed by atoms with Crippen molar-refractivity contribution >= 4 is 17.3 Å². The van der Waals surface area contributed by atoms with E-state index in [9.17, 15) is 9.59 Å². The monoisotopic (exact) mass is 336 g/mol. The maximum absolute atomic E-state index is 12.2. The summed E-state index contributed by atoms with van der Waals surface area (Å²) in [7, 11) is 0. The van der Waals surface area contributed by atoms with Crippen LogP contribution in [0, 0.1) is 0 Å². The summed E-state index contributed by atoms with van der Waals surface area (Å²) in [6, 6.07) is 7.48. The van der Waals surface area contributed by atoms with Gasteiger partial charge in [-0.1, -0.05) is 13.3 Å². The molecule has 0 aromatic heterocycles. The molecule has 0 aliphatic heterocycles. The smallest absolute Gasteiger partial charge is 0.188 e. The fourth-order valence-electron chi connectivity index (χ4n) is 2.69. The number of allylic oxidation sites excluding steroid dienone is 6. The first-order valence-electron chi connectivity index (χ1n) is 8.29. The van der Waals surface area contributed by atoms with Gasteiger partial charge in [0.1, 0.15) is 5.75 Å². The Morgan fingerprint density at radius 2 is 1.64 bits per heavy atom. The molecule has 0 radical (unpaired) electrons. The van der Waals surface area contributed by atoms with E-state index in [1.165, 1.54) is 18.2 Å². The van der Waals surface area contributed by atoms with Crippen molar-refractivity contribution in [3.05, 3.63) is 71.1 Å². The number of ketones is 2. The molecule has 3 N–H and O–H groups in total. The molecule has 5 nitrogen and oxygen atoms in total. The van der Waals surface area contributed by atoms with Crippen molar-refractivity contribution in [3.8, 4) is 5.75 Å². The molecule has 1 aromatic carbocycles. The van der Waals surface area contributed by atoms with E-state index in [4.69, 9.17) is 10.5 Å². The third-order valence-corrected chi connectivity index (χ3v) is 4.02. The maximum atomic E-state index is 12.2. The summed E-state index contributed by atoms with van der Waals surface area (Å²) in [5.41, 5.74) is 8.13. The van der Waals surface area contributed by atoms with E-state index in [2.05, 4.69) is 12.2 Å². The van der Waals surface area contributed by atoms with Crippen LogP contribution in [0.5, 0.6) is 5.75 Å². The van der Waals surface area contributed by atoms with Crippen LogP contribution < -0.4 is 15.8 Å². The Morgan fingerprint density at radius 1 is 0.960 bits per heavy atom. The second kappa shape index (κ2) is 7.21. The lowest BCUT2D eigenvalue weighted by atomic mass is 9.86. The van der Waals surface area contributed by atoms with Gasteiger partial charge in [-0.05, 0) is 55.0 Å². The van der Waals surface area contributed by atoms with Crippen LogP contribution in [0.1, 0.15) is 19.8 Å². The number of carbonyl (C=O) groups is 2. The first kappa shape index (κ1) is 16.8. The molecule has 0 saturated heterocycles. The number of nitrogens with one attached hydrogen (secondary N) is 1. The predicted molar refractivity (Wildman–Crippen MR) is 97.0 cm³/mol. The van der Waals surface area contributed by atoms with E-state index in [1.54, 1.807) is 6.08 Å². The number of hydrogen-bond acceptors (Lipinski definition) is 5. The minimum atomic E-state index is -0.254. The zero-order valence-electron chi connectivity index (χ0n) is 14.0. The van der Waals surface area contributed by atoms with E-state index >= 15 is 0 Å². The van der Waals surface area contributed by atoms with E-state index in [1.807, 2.05) is 24.3 Å². The summed E-state index contributed by atoms with van der Waals surface area (Å²) in [5.74, 6) is 0.312. The molecule has 0 atom stereocenters. The van der Waals surface area contributed by atoms with Gasteiger partial charge in [-0.2, -0.15) is 0 Å². The summed E-state index contributed by atoms with van der Waals surface area (Å²) in [4.78, 5) is 24.3. The summed E-state index contributed by atoms with van der Waals surface area (Å²) >= 11 is 0. The highest BCUT2D eigenvalue weighted by atomic mass is 16.5. The van der Waals surface area contributed by atoms with Gasteiger partial charge in [-0.3, -0.25) is 9.59 Å². The number of unbranched alkanes of at least 4 members (excludes halogenated alkanes) is 1. The lowest BCUT2D eigenvalue weighted by molar-refractivity contribution is -0.114. The number of hydrogen-bond donors (Lipinski definition) is 2. The van der Waals surface area contributed by atoms with E-state index < -0.39 is 0 Å². The van der Waals surface area contributed by atoms with Gasteiger partial charge in [0.2, 0.25) is 0 Å². The van der Waals surface area contributed by atoms with Crippen LogP contribution >= 0.6 is 0 Å². The third kappa shape index (κ3) is 3.55. The van der Waals surface area contributed by atoms with Gasteiger partial charge in [0.05, 0.1) is 23.5 Å². The van der Waals surface area contributed by atoms with Gasteiger partial charge in [0.25, 0.3) is 0 Å². The van der Waals surface area contributed by atoms with Gasteiger partial charge in [0.15, 0.2) is 11.6 Å². The lowest BCUT2D eigenvalue weighted by Gasteiger charge is -2.21. The zero-order chi connectivity index (χ0) is 17.8. The normalized spacial score (nSPS) is 16.4. The number of fused-ring (bicyclic) bond motifs is 1. The van der Waals surface area contributed by atoms with Crippen LogP contribution in [0.15, 0.2) is 71.1 Å². The van der Waals surface area contributed by atoms with Crippen molar-refractivity contribution < 1.29 is 14.3 Å². The molecule has 0 spiro atoms. The molecule has 25 heavy (non-hydrogen) atoms. The molecule has 3 rings (SSSR count). The summed E-state index contributed by atoms with van der Waals surface area (Å²) in [6.45, 7) is 2.81. The van der Waals surface area contributed by atoms with E-state index in [0.717, 1.165) is 24.3 Å². The largest absolute Gasteiger partial charge is 0.494 e. The molecule has 0 amide bonds. The molecule has 5 heteroatoms. The highest BCUT2D eigenvalue weighted by Crippen LogP contribution is 2.29. The summed E-state index contributed by atoms with van der Waals surface area (Å²) in [6.07, 6.45) is 7.98. The van der Waals surface area contributed by atoms with Gasteiger partial charge in [-0.25, -0.2) is 0 Å². The Kier molecular flexibility index (Phi) is 4.84. The Balaban J connectivity index is 1.82. The SMILES string of the molecule is CCCCOc1ccc(NC2=C3C(=O)C=CC(N)=C3C(=O)C=C2)cc1. The van der Waals surface area contributed by atoms with Crippen LogP contribution in [0.2, 0.25) is 0 Å². The summed E-state index contributed by atoms with van der Waals surface area (Å²) in [5, 5.41) is 3.19. The third-order valence-electron chi connectivity index (χ3n) is 4.02. The topological polar surface area (TPSA) is 81.4 Å². The van der Waals surface area contributed by atoms with E-state index in [-0.39, 0.29) is 17.1 Å². The second-order valence-corrected chi connectivity index (χ2v) is 5.87. The molecular weight excluding hydrogens is 316 g/mol. The van der Waals surface area contributed by atoms with Crippen molar-refractivity contribution in [2.75, 3.05) is 11.9 Å². The van der Waals surface area contributed by atoms with Gasteiger partial charge in [0, 0.05) is 11.4 Å². The van der Waals surface area contributed by atoms with Crippen LogP contribution in [0.25, 0.3) is 0 Å². The van der Waals surface area contributed by atoms with Gasteiger partial charge < -0.3 is 15.8 Å². The van der Waals surface area contributed by atoms with Crippen molar-refractivity contribution in [3.63, 3.8) is 0 Å². The van der Waals surface area contributed by atoms with Crippen LogP contribution in [-0.2, 0) is 9.59 Å². The van der Waals surface area contributed by atoms with Crippen molar-refractivity contribution in [1.29, 1.82) is 0 Å². The number of carbonyl (C=O) groups excluding carboxylic acids is 2. The minimum absolute atomic E-state index is 0.232. The molecule has 0 fully saturated rings. The second-order valence-electron chi connectivity index (χ2n) is 5.87. The molecule has 0 bridgehead atoms. The Bertz CT molecular complexity index is 827. The molecule has 128 valence electrons. The molecule has 1 aromatic rings. The van der Waals surface area contributed by atoms with Crippen molar-refractivity contribution in [2.45, 2.75) is 19.8 Å². The van der Waals surface area contributed by atoms with Crippen LogP contribution in [0.3, 0.4) is 0 Å². The fourth-order valence-corrected chi connectivity index (χ4v) is 2.69. The highest BCUT2D eigenvalue weighted by Gasteiger charge is 2.29. The summed E-state index contributed by atoms with van der Waals surface area (Å²) < 4.78 is 5.64. The zero-order valence-corrected chi connectivity index (χ0v) is 14.0. The molecular formula is C20H20N2O3. The van der Waals surface area contributed by atoms with Crippen LogP contribution in [0.4, 0.5) is 5.69 Å². The standard InChI is InChI=1S/C20H20N2O3/c1-2-3-12-25-14-6-4-13(5-7-14)22-16-9-11-17(23)19-15(21)8-10-18(24)20(16)19/h4-11,22H,2-3,12,21H2,1H3. The van der Waals surface area contributed by atoms with Gasteiger partial charge in [-0.15, -0.1) is 0 Å². The van der Waals surface area contributed by atoms with Crippen molar-refractivity contribution in [1.82, 2.24) is 0 Å². The Labute approximate surface area is 146 Å². The Hall–Kier alpha value is -3.08. The molecule has 2 aliphatic rings. The fraction of sp³-hybridized carbons (Fsp3) is 0.200. The minimum Gasteiger partial charge on any atom is -0.494 e. The number of anilines is 1. The number of ether oxygens (including phenoxy) is 1. The average molecular weight is 336 g/mol. The number of rotatable bonds is 6. The predicted octanol–water partition coefficient (Wildman–Crippen LogP) is 3.02. The lowest BCUT2D eigenvalue weighted by Crippen LogP contribution is -2.24. The average Bonchev–Trinajstić information content (AvgIpc) is 2.61. The van der Waals surface area contributed by atoms with Crippen LogP contribution in [-0.4, -0.2) is 18.2 Å². The number of benzene rings is 1. The van der Waals surface area contributed by atoms with Gasteiger partial charge >= 0.3 is 0 Å². The molecule has 0 unspecified atom stereocenters. The number of nitrogens with two attached hydrogens (primary N) is 1. The first-order valence-corrected chi connectivity index (χ1v) is 8.29. The maximum Gasteiger partial charge on any atom is 0.188 e. The highest BCUT2D eigenvalue weighted by molar-refractivity contribution is 6.23. The molecule has 0 saturated carbocycles.